The second-order valence-electron chi connectivity index (χ2n) is 2.14. The van der Waals surface area contributed by atoms with E-state index in [-0.39, 0.29) is 6.15 Å². The van der Waals surface area contributed by atoms with Gasteiger partial charge in [-0.1, -0.05) is 6.92 Å². The maximum atomic E-state index is 8.12. The first kappa shape index (κ1) is 10.4. The van der Waals surface area contributed by atoms with Crippen LogP contribution >= 0.6 is 0 Å². The molecule has 0 aliphatic carbocycles. The van der Waals surface area contributed by atoms with E-state index in [4.69, 9.17) is 21.1 Å². The zero-order valence-corrected chi connectivity index (χ0v) is 6.83. The van der Waals surface area contributed by atoms with Gasteiger partial charge in [0.05, 0.1) is 6.54 Å². The van der Waals surface area contributed by atoms with E-state index in [1.807, 2.05) is 6.92 Å². The topological polar surface area (TPSA) is 98.5 Å². The molecule has 0 atom stereocenters. The molecule has 0 spiro atoms. The summed E-state index contributed by atoms with van der Waals surface area (Å²) in [5, 5.41) is 0. The van der Waals surface area contributed by atoms with Crippen LogP contribution in [0.2, 0.25) is 0 Å². The van der Waals surface area contributed by atoms with Crippen LogP contribution in [-0.2, 0) is 9.59 Å². The molecule has 0 aromatic heterocycles. The first-order valence-electron chi connectivity index (χ1n) is 3.44. The molecule has 0 aromatic carbocycles. The minimum absolute atomic E-state index is 0.250. The van der Waals surface area contributed by atoms with Crippen molar-refractivity contribution in [3.63, 3.8) is 0 Å². The van der Waals surface area contributed by atoms with Gasteiger partial charge in [-0.15, -0.1) is 0 Å². The zero-order chi connectivity index (χ0) is 9.56. The highest BCUT2D eigenvalue weighted by molar-refractivity contribution is 5.99. The molecule has 4 N–H and O–H groups in total. The summed E-state index contributed by atoms with van der Waals surface area (Å²) < 4.78 is 0. The number of aliphatic imine (C=N–C) groups is 1. The molecule has 1 rings (SSSR count). The fraction of sp³-hybridized carbons (Fsp3) is 0.429. The molecule has 1 aliphatic rings. The Kier molecular flexibility index (Phi) is 4.41. The van der Waals surface area contributed by atoms with Crippen molar-refractivity contribution in [2.45, 2.75) is 13.3 Å². The summed E-state index contributed by atoms with van der Waals surface area (Å²) >= 11 is 0. The maximum Gasteiger partial charge on any atom is 0.373 e. The highest BCUT2D eigenvalue weighted by atomic mass is 16.2. The van der Waals surface area contributed by atoms with Crippen molar-refractivity contribution in [3.05, 3.63) is 11.3 Å². The van der Waals surface area contributed by atoms with Gasteiger partial charge in [0.2, 0.25) is 0 Å². The van der Waals surface area contributed by atoms with E-state index in [9.17, 15) is 0 Å². The molecule has 12 heavy (non-hydrogen) atoms. The van der Waals surface area contributed by atoms with Crippen LogP contribution in [0, 0.1) is 0 Å². The lowest BCUT2D eigenvalue weighted by Crippen LogP contribution is -2.13. The van der Waals surface area contributed by atoms with Gasteiger partial charge in [-0.2, -0.15) is 9.59 Å². The zero-order valence-electron chi connectivity index (χ0n) is 6.83. The Morgan fingerprint density at radius 2 is 2.00 bits per heavy atom. The van der Waals surface area contributed by atoms with Gasteiger partial charge in [0.25, 0.3) is 0 Å². The lowest BCUT2D eigenvalue weighted by Gasteiger charge is -1.96. The Labute approximate surface area is 70.1 Å². The van der Waals surface area contributed by atoms with Crippen LogP contribution in [0.3, 0.4) is 0 Å². The quantitative estimate of drug-likeness (QED) is 0.547. The molecule has 0 fully saturated rings. The number of nitrogens with zero attached hydrogens (tertiary/aromatic N) is 1. The first-order chi connectivity index (χ1) is 5.67. The summed E-state index contributed by atoms with van der Waals surface area (Å²) in [6, 6.07) is 0. The third kappa shape index (κ3) is 2.56. The third-order valence-corrected chi connectivity index (χ3v) is 1.47. The summed E-state index contributed by atoms with van der Waals surface area (Å²) in [5.74, 6) is 0.620. The van der Waals surface area contributed by atoms with Crippen LogP contribution in [0.1, 0.15) is 13.3 Å². The smallest absolute Gasteiger partial charge is 0.373 e. The van der Waals surface area contributed by atoms with Crippen molar-refractivity contribution in [3.8, 4) is 0 Å². The molecule has 0 radical (unpaired) electrons. The molecule has 0 saturated heterocycles. The van der Waals surface area contributed by atoms with Crippen LogP contribution in [0.5, 0.6) is 0 Å². The van der Waals surface area contributed by atoms with Gasteiger partial charge in [0, 0.05) is 11.3 Å². The molecule has 5 nitrogen and oxygen atoms in total. The molecule has 1 heterocycles. The summed E-state index contributed by atoms with van der Waals surface area (Å²) in [6.45, 7) is 2.62. The van der Waals surface area contributed by atoms with E-state index < -0.39 is 0 Å². The van der Waals surface area contributed by atoms with Gasteiger partial charge < -0.3 is 11.5 Å². The van der Waals surface area contributed by atoms with Crippen LogP contribution < -0.4 is 11.5 Å². The Bertz CT molecular complexity index is 249. The Hall–Kier alpha value is -1.61. The number of hydrogen-bond donors (Lipinski definition) is 2. The Morgan fingerprint density at radius 3 is 2.17 bits per heavy atom. The predicted octanol–water partition coefficient (Wildman–Crippen LogP) is -0.603. The highest BCUT2D eigenvalue weighted by Crippen LogP contribution is 2.10. The molecular weight excluding hydrogens is 158 g/mol. The SMILES string of the molecule is CCC1=C(N)CN=C1N.O=C=O. The Morgan fingerprint density at radius 1 is 1.50 bits per heavy atom. The van der Waals surface area contributed by atoms with E-state index in [1.165, 1.54) is 0 Å². The summed E-state index contributed by atoms with van der Waals surface area (Å²) in [5.41, 5.74) is 12.9. The average molecular weight is 169 g/mol. The number of nitrogens with two attached hydrogens (primary N) is 2. The van der Waals surface area contributed by atoms with Gasteiger partial charge in [-0.25, -0.2) is 0 Å². The van der Waals surface area contributed by atoms with E-state index in [2.05, 4.69) is 4.99 Å². The average Bonchev–Trinajstić information content (AvgIpc) is 2.33. The highest BCUT2D eigenvalue weighted by Gasteiger charge is 2.10. The molecule has 66 valence electrons. The predicted molar refractivity (Wildman–Crippen MR) is 43.0 cm³/mol. The third-order valence-electron chi connectivity index (χ3n) is 1.47. The van der Waals surface area contributed by atoms with E-state index in [1.54, 1.807) is 0 Å². The second-order valence-corrected chi connectivity index (χ2v) is 2.14. The monoisotopic (exact) mass is 169 g/mol. The lowest BCUT2D eigenvalue weighted by atomic mass is 10.2. The van der Waals surface area contributed by atoms with Crippen LogP contribution in [0.4, 0.5) is 0 Å². The number of amidine groups is 1. The first-order valence-corrected chi connectivity index (χ1v) is 3.44. The van der Waals surface area contributed by atoms with Crippen molar-refractivity contribution in [2.75, 3.05) is 6.54 Å². The molecule has 5 heteroatoms. The molecule has 0 aromatic rings. The van der Waals surface area contributed by atoms with Crippen molar-refractivity contribution >= 4 is 12.0 Å². The van der Waals surface area contributed by atoms with Crippen molar-refractivity contribution in [1.29, 1.82) is 0 Å². The van der Waals surface area contributed by atoms with Gasteiger partial charge in [0.1, 0.15) is 5.84 Å². The molecule has 0 saturated carbocycles. The van der Waals surface area contributed by atoms with Gasteiger partial charge in [0.15, 0.2) is 0 Å². The van der Waals surface area contributed by atoms with E-state index >= 15 is 0 Å². The lowest BCUT2D eigenvalue weighted by molar-refractivity contribution is -0.191. The minimum atomic E-state index is 0.250. The number of hydrogen-bond acceptors (Lipinski definition) is 5. The van der Waals surface area contributed by atoms with Gasteiger partial charge >= 0.3 is 6.15 Å². The van der Waals surface area contributed by atoms with Crippen molar-refractivity contribution < 1.29 is 9.59 Å². The molecule has 0 unspecified atom stereocenters. The standard InChI is InChI=1S/C6H11N3.CO2/c1-2-4-5(7)3-9-6(4)8;2-1-3/h2-3,7H2,1H3,(H2,8,9);. The molecular formula is C7H11N3O2. The van der Waals surface area contributed by atoms with Crippen LogP contribution in [0.25, 0.3) is 0 Å². The summed E-state index contributed by atoms with van der Waals surface area (Å²) in [7, 11) is 0. The largest absolute Gasteiger partial charge is 0.400 e. The minimum Gasteiger partial charge on any atom is -0.400 e. The molecule has 0 amide bonds. The van der Waals surface area contributed by atoms with Crippen LogP contribution in [-0.4, -0.2) is 18.5 Å². The molecule has 1 aliphatic heterocycles. The van der Waals surface area contributed by atoms with Crippen molar-refractivity contribution in [2.24, 2.45) is 16.5 Å². The van der Waals surface area contributed by atoms with E-state index in [0.717, 1.165) is 17.7 Å². The van der Waals surface area contributed by atoms with Gasteiger partial charge in [-0.3, -0.25) is 4.99 Å². The summed E-state index contributed by atoms with van der Waals surface area (Å²) in [4.78, 5) is 20.2. The number of rotatable bonds is 1. The normalized spacial score (nSPS) is 14.6. The second kappa shape index (κ2) is 5.09. The van der Waals surface area contributed by atoms with Crippen LogP contribution in [0.15, 0.2) is 16.3 Å². The number of carbonyl (C=O) groups excluding carboxylic acids is 2. The fourth-order valence-corrected chi connectivity index (χ4v) is 0.934. The fourth-order valence-electron chi connectivity index (χ4n) is 0.934. The maximum absolute atomic E-state index is 8.12. The molecule has 0 bridgehead atoms. The van der Waals surface area contributed by atoms with Gasteiger partial charge in [-0.05, 0) is 6.42 Å². The van der Waals surface area contributed by atoms with Crippen molar-refractivity contribution in [1.82, 2.24) is 0 Å². The summed E-state index contributed by atoms with van der Waals surface area (Å²) in [6.07, 6.45) is 1.14. The Balaban J connectivity index is 0.000000354. The van der Waals surface area contributed by atoms with E-state index in [0.29, 0.717) is 12.4 Å².